The van der Waals surface area contributed by atoms with Crippen LogP contribution in [0.3, 0.4) is 0 Å². The molecule has 0 saturated heterocycles. The zero-order valence-electron chi connectivity index (χ0n) is 19.8. The summed E-state index contributed by atoms with van der Waals surface area (Å²) < 4.78 is 49.3. The van der Waals surface area contributed by atoms with E-state index in [0.29, 0.717) is 28.8 Å². The van der Waals surface area contributed by atoms with Crippen molar-refractivity contribution in [3.63, 3.8) is 0 Å². The van der Waals surface area contributed by atoms with Gasteiger partial charge in [0.15, 0.2) is 5.69 Å². The molecule has 0 fully saturated rings. The predicted octanol–water partition coefficient (Wildman–Crippen LogP) is 5.87. The summed E-state index contributed by atoms with van der Waals surface area (Å²) >= 11 is 0. The molecule has 3 aromatic rings. The summed E-state index contributed by atoms with van der Waals surface area (Å²) in [5, 5.41) is 2.67. The minimum absolute atomic E-state index is 0.193. The lowest BCUT2D eigenvalue weighted by molar-refractivity contribution is -0.141. The molecular weight excluding hydrogens is 477 g/mol. The van der Waals surface area contributed by atoms with Crippen LogP contribution < -0.4 is 16.0 Å². The number of rotatable bonds is 6. The van der Waals surface area contributed by atoms with Crippen LogP contribution in [0.2, 0.25) is 0 Å². The second-order valence-corrected chi connectivity index (χ2v) is 8.73. The van der Waals surface area contributed by atoms with Crippen molar-refractivity contribution in [1.82, 2.24) is 4.98 Å². The number of nitrogens with zero attached hydrogens (tertiary/aromatic N) is 2. The lowest BCUT2D eigenvalue weighted by atomic mass is 10.1. The van der Waals surface area contributed by atoms with E-state index < -0.39 is 35.5 Å². The maximum absolute atomic E-state index is 13.0. The van der Waals surface area contributed by atoms with Crippen LogP contribution in [0.15, 0.2) is 65.3 Å². The minimum atomic E-state index is -4.74. The van der Waals surface area contributed by atoms with E-state index in [4.69, 9.17) is 14.9 Å². The Kier molecular flexibility index (Phi) is 7.71. The van der Waals surface area contributed by atoms with E-state index in [0.717, 1.165) is 4.90 Å². The molecule has 0 spiro atoms. The molecule has 2 amide bonds. The third kappa shape index (κ3) is 7.36. The van der Waals surface area contributed by atoms with Crippen molar-refractivity contribution in [1.29, 1.82) is 0 Å². The Hall–Kier alpha value is -4.28. The van der Waals surface area contributed by atoms with Gasteiger partial charge in [-0.05, 0) is 56.2 Å². The lowest BCUT2D eigenvalue weighted by Crippen LogP contribution is -2.36. The molecule has 0 aliphatic rings. The van der Waals surface area contributed by atoms with E-state index in [1.807, 2.05) is 0 Å². The fraction of sp³-hybridized carbons (Fsp3) is 0.240. The topological polar surface area (TPSA) is 111 Å². The molecular formula is C25H25F3N4O4. The second-order valence-electron chi connectivity index (χ2n) is 8.73. The van der Waals surface area contributed by atoms with Crippen molar-refractivity contribution < 1.29 is 31.9 Å². The van der Waals surface area contributed by atoms with Gasteiger partial charge in [0.25, 0.3) is 0 Å². The van der Waals surface area contributed by atoms with Crippen LogP contribution >= 0.6 is 0 Å². The van der Waals surface area contributed by atoms with Crippen molar-refractivity contribution in [2.75, 3.05) is 16.0 Å². The molecule has 0 aliphatic carbocycles. The van der Waals surface area contributed by atoms with Gasteiger partial charge in [-0.3, -0.25) is 4.79 Å². The van der Waals surface area contributed by atoms with Gasteiger partial charge in [-0.25, -0.2) is 9.69 Å². The smallest absolute Gasteiger partial charge is 0.436 e. The number of benzene rings is 2. The number of hydrogen-bond donors (Lipinski definition) is 2. The number of carbonyl (C=O) groups is 2. The van der Waals surface area contributed by atoms with Crippen LogP contribution in [0.4, 0.5) is 35.4 Å². The molecule has 0 unspecified atom stereocenters. The molecule has 0 saturated carbocycles. The van der Waals surface area contributed by atoms with E-state index in [-0.39, 0.29) is 6.54 Å². The van der Waals surface area contributed by atoms with E-state index in [1.54, 1.807) is 75.4 Å². The highest BCUT2D eigenvalue weighted by Crippen LogP contribution is 2.31. The van der Waals surface area contributed by atoms with E-state index in [9.17, 15) is 22.8 Å². The number of ether oxygens (including phenoxy) is 1. The third-order valence-electron chi connectivity index (χ3n) is 4.56. The maximum Gasteiger partial charge on any atom is 0.436 e. The molecule has 2 aromatic carbocycles. The number of nitrogen functional groups attached to an aromatic ring is 1. The molecule has 0 atom stereocenters. The first kappa shape index (κ1) is 26.3. The van der Waals surface area contributed by atoms with Crippen LogP contribution in [0.25, 0.3) is 6.08 Å². The number of nitrogens with two attached hydrogens (primary N) is 1. The molecule has 8 nitrogen and oxygen atoms in total. The van der Waals surface area contributed by atoms with Gasteiger partial charge in [0, 0.05) is 6.08 Å². The minimum Gasteiger partial charge on any atom is -0.443 e. The molecule has 3 rings (SSSR count). The van der Waals surface area contributed by atoms with E-state index >= 15 is 0 Å². The fourth-order valence-corrected chi connectivity index (χ4v) is 2.98. The Morgan fingerprint density at radius 1 is 1.14 bits per heavy atom. The van der Waals surface area contributed by atoms with Crippen LogP contribution in [0, 0.1) is 0 Å². The Bertz CT molecular complexity index is 1260. The predicted molar refractivity (Wildman–Crippen MR) is 129 cm³/mol. The maximum atomic E-state index is 13.0. The van der Waals surface area contributed by atoms with E-state index in [2.05, 4.69) is 10.3 Å². The van der Waals surface area contributed by atoms with Gasteiger partial charge in [0.2, 0.25) is 5.91 Å². The average Bonchev–Trinajstić information content (AvgIpc) is 3.27. The number of nitrogens with one attached hydrogen (secondary N) is 1. The highest BCUT2D eigenvalue weighted by Gasteiger charge is 2.37. The van der Waals surface area contributed by atoms with Crippen molar-refractivity contribution in [2.45, 2.75) is 39.1 Å². The van der Waals surface area contributed by atoms with Gasteiger partial charge in [-0.1, -0.05) is 30.3 Å². The number of aromatic nitrogens is 1. The van der Waals surface area contributed by atoms with Crippen molar-refractivity contribution >= 4 is 35.5 Å². The Morgan fingerprint density at radius 3 is 2.50 bits per heavy atom. The van der Waals surface area contributed by atoms with Gasteiger partial charge in [0.1, 0.15) is 11.9 Å². The summed E-state index contributed by atoms with van der Waals surface area (Å²) in [4.78, 5) is 29.3. The number of carbonyl (C=O) groups excluding carboxylic acids is 2. The molecule has 0 radical (unpaired) electrons. The highest BCUT2D eigenvalue weighted by atomic mass is 19.4. The van der Waals surface area contributed by atoms with Gasteiger partial charge >= 0.3 is 18.3 Å². The number of para-hydroxylation sites is 2. The summed E-state index contributed by atoms with van der Waals surface area (Å²) in [6.45, 7) is 4.68. The molecule has 3 N–H and O–H groups in total. The summed E-state index contributed by atoms with van der Waals surface area (Å²) in [6, 6.07) is 13.0. The molecule has 1 aromatic heterocycles. The number of amides is 2. The summed E-state index contributed by atoms with van der Waals surface area (Å²) in [7, 11) is 0. The standard InChI is InChI=1S/C25H25F3N4O4/c1-24(2,3)36-23(34)32(22-31-20(15-35-22)25(26,27)28)14-17-8-6-7-16(13-17)11-12-21(33)30-19-10-5-4-9-18(19)29/h4-13,15H,14,29H2,1-3H3,(H,30,33)/b12-11+. The average molecular weight is 502 g/mol. The number of alkyl halides is 3. The summed E-state index contributed by atoms with van der Waals surface area (Å²) in [6.07, 6.45) is -2.39. The lowest BCUT2D eigenvalue weighted by Gasteiger charge is -2.25. The quantitative estimate of drug-likeness (QED) is 0.322. The first-order valence-corrected chi connectivity index (χ1v) is 10.8. The fourth-order valence-electron chi connectivity index (χ4n) is 2.98. The van der Waals surface area contributed by atoms with Crippen molar-refractivity contribution in [2.24, 2.45) is 0 Å². The Labute approximate surface area is 205 Å². The van der Waals surface area contributed by atoms with Crippen LogP contribution in [0.1, 0.15) is 37.6 Å². The number of hydrogen-bond acceptors (Lipinski definition) is 6. The first-order valence-electron chi connectivity index (χ1n) is 10.8. The molecule has 36 heavy (non-hydrogen) atoms. The van der Waals surface area contributed by atoms with Crippen LogP contribution in [-0.4, -0.2) is 22.6 Å². The number of oxazole rings is 1. The van der Waals surface area contributed by atoms with Crippen molar-refractivity contribution in [3.05, 3.63) is 77.7 Å². The SMILES string of the molecule is CC(C)(C)OC(=O)N(Cc1cccc(/C=C/C(=O)Nc2ccccc2N)c1)c1nc(C(F)(F)F)co1. The monoisotopic (exact) mass is 502 g/mol. The van der Waals surface area contributed by atoms with Gasteiger partial charge < -0.3 is 20.2 Å². The Balaban J connectivity index is 1.80. The van der Waals surface area contributed by atoms with Gasteiger partial charge in [-0.2, -0.15) is 18.2 Å². The largest absolute Gasteiger partial charge is 0.443 e. The normalized spacial score (nSPS) is 11.9. The zero-order valence-corrected chi connectivity index (χ0v) is 19.8. The van der Waals surface area contributed by atoms with E-state index in [1.165, 1.54) is 6.08 Å². The van der Waals surface area contributed by atoms with Crippen LogP contribution in [0.5, 0.6) is 0 Å². The van der Waals surface area contributed by atoms with Crippen molar-refractivity contribution in [3.8, 4) is 0 Å². The van der Waals surface area contributed by atoms with Gasteiger partial charge in [0.05, 0.1) is 17.9 Å². The molecule has 0 bridgehead atoms. The third-order valence-corrected chi connectivity index (χ3v) is 4.56. The Morgan fingerprint density at radius 2 is 1.86 bits per heavy atom. The molecule has 11 heteroatoms. The first-order chi connectivity index (χ1) is 16.8. The second kappa shape index (κ2) is 10.5. The van der Waals surface area contributed by atoms with Gasteiger partial charge in [-0.15, -0.1) is 0 Å². The van der Waals surface area contributed by atoms with Crippen LogP contribution in [-0.2, 0) is 22.3 Å². The summed E-state index contributed by atoms with van der Waals surface area (Å²) in [5.41, 5.74) is 5.67. The number of anilines is 3. The summed E-state index contributed by atoms with van der Waals surface area (Å²) in [5.74, 6) is -0.409. The molecule has 1 heterocycles. The highest BCUT2D eigenvalue weighted by molar-refractivity contribution is 6.03. The molecule has 190 valence electrons. The number of halogens is 3. The molecule has 0 aliphatic heterocycles. The zero-order chi connectivity index (χ0) is 26.5.